The SMILES string of the molecule is CCCCc1ccc(CCCC)c(C)c1. The summed E-state index contributed by atoms with van der Waals surface area (Å²) in [6.45, 7) is 6.76. The Balaban J connectivity index is 2.61. The van der Waals surface area contributed by atoms with Gasteiger partial charge in [0.15, 0.2) is 0 Å². The van der Waals surface area contributed by atoms with Crippen LogP contribution >= 0.6 is 0 Å². The highest BCUT2D eigenvalue weighted by molar-refractivity contribution is 5.31. The van der Waals surface area contributed by atoms with E-state index in [1.165, 1.54) is 55.2 Å². The third kappa shape index (κ3) is 4.07. The van der Waals surface area contributed by atoms with E-state index in [9.17, 15) is 0 Å². The predicted molar refractivity (Wildman–Crippen MR) is 68.4 cm³/mol. The summed E-state index contributed by atoms with van der Waals surface area (Å²) in [6.07, 6.45) is 7.69. The Hall–Kier alpha value is -0.780. The Morgan fingerprint density at radius 2 is 1.60 bits per heavy atom. The second-order valence-electron chi connectivity index (χ2n) is 4.47. The molecule has 0 N–H and O–H groups in total. The highest BCUT2D eigenvalue weighted by Crippen LogP contribution is 2.15. The minimum atomic E-state index is 1.24. The molecule has 15 heavy (non-hydrogen) atoms. The first-order valence-electron chi connectivity index (χ1n) is 6.36. The topological polar surface area (TPSA) is 0 Å². The van der Waals surface area contributed by atoms with Crippen LogP contribution in [0.4, 0.5) is 0 Å². The van der Waals surface area contributed by atoms with Gasteiger partial charge in [0.1, 0.15) is 0 Å². The molecule has 0 aromatic heterocycles. The number of hydrogen-bond donors (Lipinski definition) is 0. The van der Waals surface area contributed by atoms with E-state index < -0.39 is 0 Å². The summed E-state index contributed by atoms with van der Waals surface area (Å²) in [5, 5.41) is 0. The molecule has 0 radical (unpaired) electrons. The highest BCUT2D eigenvalue weighted by Gasteiger charge is 1.99. The third-order valence-corrected chi connectivity index (χ3v) is 3.03. The number of aryl methyl sites for hydroxylation is 3. The molecule has 0 heterocycles. The van der Waals surface area contributed by atoms with E-state index in [0.29, 0.717) is 0 Å². The van der Waals surface area contributed by atoms with Gasteiger partial charge in [-0.05, 0) is 49.3 Å². The van der Waals surface area contributed by atoms with E-state index in [2.05, 4.69) is 39.0 Å². The van der Waals surface area contributed by atoms with Crippen LogP contribution in [0.25, 0.3) is 0 Å². The average Bonchev–Trinajstić information content (AvgIpc) is 2.25. The van der Waals surface area contributed by atoms with Crippen molar-refractivity contribution in [2.24, 2.45) is 0 Å². The fourth-order valence-electron chi connectivity index (χ4n) is 1.94. The van der Waals surface area contributed by atoms with Gasteiger partial charge in [-0.3, -0.25) is 0 Å². The Kier molecular flexibility index (Phi) is 5.45. The lowest BCUT2D eigenvalue weighted by Gasteiger charge is -2.07. The molecule has 0 spiro atoms. The van der Waals surface area contributed by atoms with Crippen LogP contribution in [0.3, 0.4) is 0 Å². The molecule has 0 bridgehead atoms. The van der Waals surface area contributed by atoms with Crippen LogP contribution < -0.4 is 0 Å². The molecule has 0 unspecified atom stereocenters. The van der Waals surface area contributed by atoms with Crippen molar-refractivity contribution in [1.82, 2.24) is 0 Å². The molecule has 1 aromatic carbocycles. The van der Waals surface area contributed by atoms with Crippen molar-refractivity contribution in [1.29, 1.82) is 0 Å². The van der Waals surface area contributed by atoms with Crippen LogP contribution in [0.1, 0.15) is 56.2 Å². The van der Waals surface area contributed by atoms with E-state index in [1.54, 1.807) is 0 Å². The molecule has 0 aliphatic heterocycles. The molecular formula is C15H24. The number of unbranched alkanes of at least 4 members (excludes halogenated alkanes) is 2. The number of rotatable bonds is 6. The molecule has 0 nitrogen and oxygen atoms in total. The largest absolute Gasteiger partial charge is 0.0654 e. The molecular weight excluding hydrogens is 180 g/mol. The van der Waals surface area contributed by atoms with Crippen LogP contribution in [0.5, 0.6) is 0 Å². The molecule has 0 atom stereocenters. The summed E-state index contributed by atoms with van der Waals surface area (Å²) < 4.78 is 0. The lowest BCUT2D eigenvalue weighted by Crippen LogP contribution is -1.92. The van der Waals surface area contributed by atoms with E-state index in [1.807, 2.05) is 0 Å². The van der Waals surface area contributed by atoms with Crippen LogP contribution in [0.15, 0.2) is 18.2 Å². The van der Waals surface area contributed by atoms with Gasteiger partial charge in [0.2, 0.25) is 0 Å². The second kappa shape index (κ2) is 6.66. The Morgan fingerprint density at radius 3 is 2.20 bits per heavy atom. The van der Waals surface area contributed by atoms with Crippen LogP contribution in [-0.4, -0.2) is 0 Å². The molecule has 1 aromatic rings. The van der Waals surface area contributed by atoms with Gasteiger partial charge in [-0.15, -0.1) is 0 Å². The zero-order valence-corrected chi connectivity index (χ0v) is 10.5. The standard InChI is InChI=1S/C15H24/c1-4-6-8-14-10-11-15(9-7-5-2)13(3)12-14/h10-12H,4-9H2,1-3H3. The monoisotopic (exact) mass is 204 g/mol. The van der Waals surface area contributed by atoms with Crippen LogP contribution in [0.2, 0.25) is 0 Å². The second-order valence-corrected chi connectivity index (χ2v) is 4.47. The highest BCUT2D eigenvalue weighted by atomic mass is 14.0. The summed E-state index contributed by atoms with van der Waals surface area (Å²) in [6, 6.07) is 7.02. The van der Waals surface area contributed by atoms with Crippen molar-refractivity contribution in [3.05, 3.63) is 34.9 Å². The molecule has 0 saturated heterocycles. The van der Waals surface area contributed by atoms with Gasteiger partial charge >= 0.3 is 0 Å². The first kappa shape index (κ1) is 12.3. The number of benzene rings is 1. The van der Waals surface area contributed by atoms with Gasteiger partial charge in [-0.1, -0.05) is 44.9 Å². The van der Waals surface area contributed by atoms with Crippen LogP contribution in [-0.2, 0) is 12.8 Å². The van der Waals surface area contributed by atoms with Gasteiger partial charge in [-0.25, -0.2) is 0 Å². The van der Waals surface area contributed by atoms with Crippen molar-refractivity contribution in [3.63, 3.8) is 0 Å². The summed E-state index contributed by atoms with van der Waals surface area (Å²) in [5.41, 5.74) is 4.53. The molecule has 0 saturated carbocycles. The smallest absolute Gasteiger partial charge is 0.0276 e. The van der Waals surface area contributed by atoms with E-state index in [4.69, 9.17) is 0 Å². The minimum absolute atomic E-state index is 1.24. The fraction of sp³-hybridized carbons (Fsp3) is 0.600. The predicted octanol–water partition coefficient (Wildman–Crippen LogP) is 4.68. The van der Waals surface area contributed by atoms with Crippen LogP contribution in [0, 0.1) is 6.92 Å². The molecule has 0 aliphatic carbocycles. The lowest BCUT2D eigenvalue weighted by molar-refractivity contribution is 0.782. The summed E-state index contributed by atoms with van der Waals surface area (Å²) in [7, 11) is 0. The summed E-state index contributed by atoms with van der Waals surface area (Å²) in [4.78, 5) is 0. The summed E-state index contributed by atoms with van der Waals surface area (Å²) >= 11 is 0. The fourth-order valence-corrected chi connectivity index (χ4v) is 1.94. The van der Waals surface area contributed by atoms with E-state index >= 15 is 0 Å². The average molecular weight is 204 g/mol. The van der Waals surface area contributed by atoms with Gasteiger partial charge in [0, 0.05) is 0 Å². The van der Waals surface area contributed by atoms with Crippen molar-refractivity contribution >= 4 is 0 Å². The third-order valence-electron chi connectivity index (χ3n) is 3.03. The van der Waals surface area contributed by atoms with Gasteiger partial charge in [0.25, 0.3) is 0 Å². The molecule has 0 aliphatic rings. The van der Waals surface area contributed by atoms with E-state index in [-0.39, 0.29) is 0 Å². The van der Waals surface area contributed by atoms with Gasteiger partial charge < -0.3 is 0 Å². The zero-order chi connectivity index (χ0) is 11.1. The van der Waals surface area contributed by atoms with Crippen molar-refractivity contribution in [2.75, 3.05) is 0 Å². The zero-order valence-electron chi connectivity index (χ0n) is 10.5. The first-order valence-corrected chi connectivity index (χ1v) is 6.36. The molecule has 0 heteroatoms. The summed E-state index contributed by atoms with van der Waals surface area (Å²) in [5.74, 6) is 0. The van der Waals surface area contributed by atoms with Crippen molar-refractivity contribution < 1.29 is 0 Å². The normalized spacial score (nSPS) is 10.6. The maximum Gasteiger partial charge on any atom is -0.0276 e. The van der Waals surface area contributed by atoms with Crippen molar-refractivity contribution in [3.8, 4) is 0 Å². The number of hydrogen-bond acceptors (Lipinski definition) is 0. The van der Waals surface area contributed by atoms with E-state index in [0.717, 1.165) is 0 Å². The quantitative estimate of drug-likeness (QED) is 0.631. The lowest BCUT2D eigenvalue weighted by atomic mass is 9.98. The molecule has 1 rings (SSSR count). The maximum absolute atomic E-state index is 2.38. The molecule has 0 fully saturated rings. The Labute approximate surface area is 94.7 Å². The van der Waals surface area contributed by atoms with Gasteiger partial charge in [0.05, 0.1) is 0 Å². The molecule has 0 amide bonds. The maximum atomic E-state index is 2.38. The Bertz CT molecular complexity index is 286. The minimum Gasteiger partial charge on any atom is -0.0654 e. The van der Waals surface area contributed by atoms with Gasteiger partial charge in [-0.2, -0.15) is 0 Å². The van der Waals surface area contributed by atoms with Crippen molar-refractivity contribution in [2.45, 2.75) is 59.3 Å². The molecule has 84 valence electrons. The Morgan fingerprint density at radius 1 is 0.933 bits per heavy atom. The first-order chi connectivity index (χ1) is 7.27.